The summed E-state index contributed by atoms with van der Waals surface area (Å²) >= 11 is 0. The Labute approximate surface area is 204 Å². The lowest BCUT2D eigenvalue weighted by Gasteiger charge is -2.21. The maximum atomic E-state index is 13.5. The van der Waals surface area contributed by atoms with Gasteiger partial charge in [-0.05, 0) is 36.4 Å². The van der Waals surface area contributed by atoms with Crippen molar-refractivity contribution < 1.29 is 62.2 Å². The summed E-state index contributed by atoms with van der Waals surface area (Å²) in [6.45, 7) is 0. The van der Waals surface area contributed by atoms with E-state index in [0.29, 0.717) is 6.07 Å². The molecule has 0 fully saturated rings. The lowest BCUT2D eigenvalue weighted by atomic mass is 10.1. The van der Waals surface area contributed by atoms with Gasteiger partial charge in [-0.3, -0.25) is 0 Å². The summed E-state index contributed by atoms with van der Waals surface area (Å²) in [5.74, 6) is -5.20. The highest BCUT2D eigenvalue weighted by molar-refractivity contribution is 5.58. The van der Waals surface area contributed by atoms with E-state index in [2.05, 4.69) is 0 Å². The molecule has 3 aromatic rings. The molecule has 16 heteroatoms. The van der Waals surface area contributed by atoms with Crippen LogP contribution in [-0.2, 0) is 24.7 Å². The molecule has 206 valence electrons. The molecule has 4 N–H and O–H groups in total. The third-order valence-corrected chi connectivity index (χ3v) is 4.69. The molecular weight excluding hydrogens is 552 g/mol. The monoisotopic (exact) mass is 564 g/mol. The predicted octanol–water partition coefficient (Wildman–Crippen LogP) is 8.51. The molecule has 0 saturated carbocycles. The van der Waals surface area contributed by atoms with Crippen molar-refractivity contribution in [3.8, 4) is 23.0 Å². The summed E-state index contributed by atoms with van der Waals surface area (Å²) in [7, 11) is 0. The van der Waals surface area contributed by atoms with Crippen molar-refractivity contribution in [2.45, 2.75) is 24.7 Å². The van der Waals surface area contributed by atoms with Gasteiger partial charge in [0.05, 0.1) is 0 Å². The Morgan fingerprint density at radius 1 is 0.447 bits per heavy atom. The molecule has 0 spiro atoms. The second-order valence-corrected chi connectivity index (χ2v) is 7.56. The fourth-order valence-corrected chi connectivity index (χ4v) is 3.20. The number of alkyl halides is 12. The van der Waals surface area contributed by atoms with Crippen LogP contribution in [0.3, 0.4) is 0 Å². The van der Waals surface area contributed by atoms with Crippen LogP contribution in [0.1, 0.15) is 22.3 Å². The van der Waals surface area contributed by atoms with E-state index in [4.69, 9.17) is 20.9 Å². The number of ether oxygens (including phenoxy) is 2. The van der Waals surface area contributed by atoms with Gasteiger partial charge in [0.15, 0.2) is 11.5 Å². The van der Waals surface area contributed by atoms with Gasteiger partial charge < -0.3 is 20.9 Å². The van der Waals surface area contributed by atoms with Crippen LogP contribution < -0.4 is 20.9 Å². The average molecular weight is 564 g/mol. The van der Waals surface area contributed by atoms with Crippen molar-refractivity contribution in [1.29, 1.82) is 0 Å². The Hall–Kier alpha value is -3.98. The van der Waals surface area contributed by atoms with Crippen LogP contribution in [0.2, 0.25) is 0 Å². The zero-order chi connectivity index (χ0) is 28.8. The fourth-order valence-electron chi connectivity index (χ4n) is 3.20. The maximum Gasteiger partial charge on any atom is 0.420 e. The average Bonchev–Trinajstić information content (AvgIpc) is 2.73. The van der Waals surface area contributed by atoms with Gasteiger partial charge in [-0.1, -0.05) is 6.07 Å². The van der Waals surface area contributed by atoms with Gasteiger partial charge in [-0.25, -0.2) is 0 Å². The molecule has 0 atom stereocenters. The molecule has 0 amide bonds. The van der Waals surface area contributed by atoms with Crippen molar-refractivity contribution in [1.82, 2.24) is 0 Å². The standard InChI is InChI=1S/C22H12F12N2O2/c23-19(24,25)13-4-9(35)5-14(20(26,27)28)17(13)37-11-2-1-3-12(8-11)38-18-15(21(29,30)31)6-10(36)7-16(18)22(32,33)34/h1-8H,35-36H2. The molecule has 3 aromatic carbocycles. The van der Waals surface area contributed by atoms with Gasteiger partial charge in [0, 0.05) is 17.4 Å². The van der Waals surface area contributed by atoms with Crippen LogP contribution in [0.4, 0.5) is 64.1 Å². The van der Waals surface area contributed by atoms with E-state index >= 15 is 0 Å². The number of hydrogen-bond donors (Lipinski definition) is 2. The summed E-state index contributed by atoms with van der Waals surface area (Å²) in [6, 6.07) is 3.56. The van der Waals surface area contributed by atoms with Gasteiger partial charge in [-0.15, -0.1) is 0 Å². The van der Waals surface area contributed by atoms with Gasteiger partial charge in [0.2, 0.25) is 0 Å². The number of nitrogen functional groups attached to an aromatic ring is 2. The van der Waals surface area contributed by atoms with Gasteiger partial charge in [0.1, 0.15) is 33.8 Å². The molecule has 0 bridgehead atoms. The normalized spacial score (nSPS) is 12.9. The first-order valence-electron chi connectivity index (χ1n) is 9.79. The Balaban J connectivity index is 2.14. The highest BCUT2D eigenvalue weighted by Gasteiger charge is 2.44. The van der Waals surface area contributed by atoms with E-state index in [-0.39, 0.29) is 24.3 Å². The number of halogens is 12. The fraction of sp³-hybridized carbons (Fsp3) is 0.182. The van der Waals surface area contributed by atoms with E-state index in [9.17, 15) is 52.7 Å². The Morgan fingerprint density at radius 3 is 0.947 bits per heavy atom. The lowest BCUT2D eigenvalue weighted by molar-refractivity contribution is -0.146. The van der Waals surface area contributed by atoms with Crippen LogP contribution >= 0.6 is 0 Å². The molecule has 0 heterocycles. The van der Waals surface area contributed by atoms with Crippen LogP contribution in [0, 0.1) is 0 Å². The van der Waals surface area contributed by atoms with E-state index in [1.165, 1.54) is 0 Å². The largest absolute Gasteiger partial charge is 0.456 e. The molecule has 0 aliphatic carbocycles. The van der Waals surface area contributed by atoms with Crippen molar-refractivity contribution in [3.05, 3.63) is 70.8 Å². The summed E-state index contributed by atoms with van der Waals surface area (Å²) in [5.41, 5.74) is 0.774. The molecule has 4 nitrogen and oxygen atoms in total. The molecule has 3 rings (SSSR count). The number of anilines is 2. The number of rotatable bonds is 4. The van der Waals surface area contributed by atoms with E-state index in [1.807, 2.05) is 0 Å². The van der Waals surface area contributed by atoms with Crippen LogP contribution in [-0.4, -0.2) is 0 Å². The van der Waals surface area contributed by atoms with E-state index in [1.54, 1.807) is 0 Å². The third-order valence-electron chi connectivity index (χ3n) is 4.69. The second-order valence-electron chi connectivity index (χ2n) is 7.56. The molecule has 0 aliphatic rings. The molecule has 0 unspecified atom stereocenters. The summed E-state index contributed by atoms with van der Waals surface area (Å²) < 4.78 is 171. The minimum atomic E-state index is -5.40. The molecule has 0 aromatic heterocycles. The minimum Gasteiger partial charge on any atom is -0.456 e. The first-order chi connectivity index (χ1) is 17.2. The summed E-state index contributed by atoms with van der Waals surface area (Å²) in [5, 5.41) is 0. The van der Waals surface area contributed by atoms with E-state index in [0.717, 1.165) is 18.2 Å². The zero-order valence-electron chi connectivity index (χ0n) is 18.1. The molecule has 0 radical (unpaired) electrons. The minimum absolute atomic E-state index is 0.157. The first-order valence-corrected chi connectivity index (χ1v) is 9.79. The van der Waals surface area contributed by atoms with Gasteiger partial charge >= 0.3 is 24.7 Å². The second kappa shape index (κ2) is 9.40. The molecule has 0 saturated heterocycles. The van der Waals surface area contributed by atoms with Crippen molar-refractivity contribution in [2.24, 2.45) is 0 Å². The topological polar surface area (TPSA) is 70.5 Å². The third kappa shape index (κ3) is 6.28. The number of nitrogens with two attached hydrogens (primary N) is 2. The Kier molecular flexibility index (Phi) is 7.07. The summed E-state index contributed by atoms with van der Waals surface area (Å²) in [4.78, 5) is 0. The predicted molar refractivity (Wildman–Crippen MR) is 108 cm³/mol. The zero-order valence-corrected chi connectivity index (χ0v) is 18.1. The SMILES string of the molecule is Nc1cc(C(F)(F)F)c(Oc2cccc(Oc3c(C(F)(F)F)cc(N)cc3C(F)(F)F)c2)c(C(F)(F)F)c1. The van der Waals surface area contributed by atoms with Gasteiger partial charge in [-0.2, -0.15) is 52.7 Å². The summed E-state index contributed by atoms with van der Waals surface area (Å²) in [6.07, 6.45) is -21.6. The van der Waals surface area contributed by atoms with Crippen molar-refractivity contribution >= 4 is 11.4 Å². The first kappa shape index (κ1) is 28.6. The van der Waals surface area contributed by atoms with Crippen LogP contribution in [0.15, 0.2) is 48.5 Å². The molecule has 0 aliphatic heterocycles. The quantitative estimate of drug-likeness (QED) is 0.246. The van der Waals surface area contributed by atoms with Crippen LogP contribution in [0.25, 0.3) is 0 Å². The van der Waals surface area contributed by atoms with Crippen LogP contribution in [0.5, 0.6) is 23.0 Å². The Morgan fingerprint density at radius 2 is 0.711 bits per heavy atom. The number of hydrogen-bond acceptors (Lipinski definition) is 4. The lowest BCUT2D eigenvalue weighted by Crippen LogP contribution is -2.15. The van der Waals surface area contributed by atoms with Crippen molar-refractivity contribution in [2.75, 3.05) is 11.5 Å². The smallest absolute Gasteiger partial charge is 0.420 e. The highest BCUT2D eigenvalue weighted by Crippen LogP contribution is 2.49. The van der Waals surface area contributed by atoms with Crippen molar-refractivity contribution in [3.63, 3.8) is 0 Å². The van der Waals surface area contributed by atoms with Gasteiger partial charge in [0.25, 0.3) is 0 Å². The molecule has 38 heavy (non-hydrogen) atoms. The number of benzene rings is 3. The van der Waals surface area contributed by atoms with E-state index < -0.39 is 81.3 Å². The maximum absolute atomic E-state index is 13.5. The molecular formula is C22H12F12N2O2. The highest BCUT2D eigenvalue weighted by atomic mass is 19.4. The Bertz CT molecular complexity index is 1170.